The number of aromatic nitrogens is 1. The minimum Gasteiger partial charge on any atom is -0.494 e. The SMILES string of the molecule is COc1cc([N+](=O)[O-])ccc1N=Cc1c(-c2ccccc2)[nH]oc1=O. The van der Waals surface area contributed by atoms with Crippen LogP contribution in [0.5, 0.6) is 5.75 Å². The van der Waals surface area contributed by atoms with Gasteiger partial charge in [0.2, 0.25) is 0 Å². The van der Waals surface area contributed by atoms with Gasteiger partial charge in [0.1, 0.15) is 11.3 Å². The zero-order valence-corrected chi connectivity index (χ0v) is 13.1. The number of nitro benzene ring substituents is 1. The van der Waals surface area contributed by atoms with Crippen LogP contribution in [0, 0.1) is 10.1 Å². The van der Waals surface area contributed by atoms with Gasteiger partial charge in [0, 0.05) is 17.8 Å². The van der Waals surface area contributed by atoms with Crippen LogP contribution in [0.1, 0.15) is 5.56 Å². The Balaban J connectivity index is 2.00. The van der Waals surface area contributed by atoms with Gasteiger partial charge in [-0.05, 0) is 6.07 Å². The molecule has 0 bridgehead atoms. The smallest absolute Gasteiger partial charge is 0.366 e. The fraction of sp³-hybridized carbons (Fsp3) is 0.0588. The van der Waals surface area contributed by atoms with Gasteiger partial charge in [0.25, 0.3) is 5.69 Å². The zero-order valence-electron chi connectivity index (χ0n) is 13.1. The fourth-order valence-electron chi connectivity index (χ4n) is 2.27. The van der Waals surface area contributed by atoms with Crippen molar-refractivity contribution in [2.75, 3.05) is 7.11 Å². The molecule has 0 aliphatic heterocycles. The maximum atomic E-state index is 11.9. The Bertz CT molecular complexity index is 989. The number of rotatable bonds is 5. The van der Waals surface area contributed by atoms with E-state index in [1.54, 1.807) is 0 Å². The highest BCUT2D eigenvalue weighted by Crippen LogP contribution is 2.31. The molecule has 126 valence electrons. The number of aliphatic imine (C=N–C) groups is 1. The quantitative estimate of drug-likeness (QED) is 0.435. The number of aromatic amines is 1. The summed E-state index contributed by atoms with van der Waals surface area (Å²) in [6, 6.07) is 13.2. The summed E-state index contributed by atoms with van der Waals surface area (Å²) >= 11 is 0. The van der Waals surface area contributed by atoms with Gasteiger partial charge in [-0.2, -0.15) is 0 Å². The summed E-state index contributed by atoms with van der Waals surface area (Å²) in [6.45, 7) is 0. The Kier molecular flexibility index (Phi) is 4.42. The van der Waals surface area contributed by atoms with E-state index in [-0.39, 0.29) is 17.0 Å². The molecule has 0 saturated carbocycles. The fourth-order valence-corrected chi connectivity index (χ4v) is 2.27. The van der Waals surface area contributed by atoms with Crippen LogP contribution in [0.3, 0.4) is 0 Å². The highest BCUT2D eigenvalue weighted by atomic mass is 16.6. The van der Waals surface area contributed by atoms with Gasteiger partial charge in [-0.15, -0.1) is 0 Å². The molecule has 3 rings (SSSR count). The van der Waals surface area contributed by atoms with Gasteiger partial charge >= 0.3 is 5.63 Å². The molecule has 25 heavy (non-hydrogen) atoms. The Labute approximate surface area is 141 Å². The van der Waals surface area contributed by atoms with E-state index < -0.39 is 10.5 Å². The van der Waals surface area contributed by atoms with Crippen molar-refractivity contribution >= 4 is 17.6 Å². The van der Waals surface area contributed by atoms with Crippen molar-refractivity contribution in [3.05, 3.63) is 74.6 Å². The largest absolute Gasteiger partial charge is 0.494 e. The molecule has 0 saturated heterocycles. The number of methoxy groups -OCH3 is 1. The lowest BCUT2D eigenvalue weighted by Crippen LogP contribution is -2.01. The third-order valence-electron chi connectivity index (χ3n) is 3.50. The maximum Gasteiger partial charge on any atom is 0.366 e. The molecule has 0 aliphatic rings. The standard InChI is InChI=1S/C17H13N3O5/c1-24-15-9-12(20(22)23)7-8-14(15)18-10-13-16(19-25-17(13)21)11-5-3-2-4-6-11/h2-10,19H,1H3. The first-order chi connectivity index (χ1) is 12.1. The van der Waals surface area contributed by atoms with E-state index in [1.807, 2.05) is 30.3 Å². The topological polar surface area (TPSA) is 111 Å². The minimum absolute atomic E-state index is 0.109. The van der Waals surface area contributed by atoms with Gasteiger partial charge in [-0.1, -0.05) is 30.3 Å². The maximum absolute atomic E-state index is 11.9. The van der Waals surface area contributed by atoms with Crippen LogP contribution in [0.25, 0.3) is 11.3 Å². The third-order valence-corrected chi connectivity index (χ3v) is 3.50. The predicted molar refractivity (Wildman–Crippen MR) is 91.7 cm³/mol. The lowest BCUT2D eigenvalue weighted by molar-refractivity contribution is -0.384. The van der Waals surface area contributed by atoms with Gasteiger partial charge in [-0.3, -0.25) is 15.1 Å². The zero-order chi connectivity index (χ0) is 17.8. The molecule has 8 heteroatoms. The second-order valence-corrected chi connectivity index (χ2v) is 5.02. The van der Waals surface area contributed by atoms with E-state index in [0.717, 1.165) is 5.56 Å². The second-order valence-electron chi connectivity index (χ2n) is 5.02. The van der Waals surface area contributed by atoms with Crippen molar-refractivity contribution in [2.24, 2.45) is 4.99 Å². The number of nitrogens with zero attached hydrogens (tertiary/aromatic N) is 2. The molecule has 1 N–H and O–H groups in total. The summed E-state index contributed by atoms with van der Waals surface area (Å²) in [5.41, 5.74) is 1.19. The number of benzene rings is 2. The molecule has 3 aromatic rings. The molecule has 0 atom stereocenters. The molecule has 0 spiro atoms. The van der Waals surface area contributed by atoms with Crippen molar-refractivity contribution < 1.29 is 14.2 Å². The van der Waals surface area contributed by atoms with Crippen molar-refractivity contribution in [3.63, 3.8) is 0 Å². The number of non-ortho nitro benzene ring substituents is 1. The molecule has 0 radical (unpaired) electrons. The highest BCUT2D eigenvalue weighted by molar-refractivity contribution is 5.90. The summed E-state index contributed by atoms with van der Waals surface area (Å²) in [4.78, 5) is 26.4. The van der Waals surface area contributed by atoms with E-state index in [9.17, 15) is 14.9 Å². The first-order valence-corrected chi connectivity index (χ1v) is 7.23. The van der Waals surface area contributed by atoms with Gasteiger partial charge in [-0.25, -0.2) is 9.95 Å². The molecule has 0 unspecified atom stereocenters. The van der Waals surface area contributed by atoms with Crippen molar-refractivity contribution in [3.8, 4) is 17.0 Å². The minimum atomic E-state index is -0.566. The summed E-state index contributed by atoms with van der Waals surface area (Å²) in [6.07, 6.45) is 1.34. The summed E-state index contributed by atoms with van der Waals surface area (Å²) < 4.78 is 9.98. The number of hydrogen-bond donors (Lipinski definition) is 1. The summed E-state index contributed by atoms with van der Waals surface area (Å²) in [5.74, 6) is 0.228. The van der Waals surface area contributed by atoms with Crippen LogP contribution in [-0.2, 0) is 0 Å². The van der Waals surface area contributed by atoms with E-state index in [4.69, 9.17) is 9.26 Å². The van der Waals surface area contributed by atoms with E-state index >= 15 is 0 Å². The van der Waals surface area contributed by atoms with Crippen LogP contribution >= 0.6 is 0 Å². The van der Waals surface area contributed by atoms with E-state index in [0.29, 0.717) is 11.4 Å². The van der Waals surface area contributed by atoms with Gasteiger partial charge in [0.15, 0.2) is 5.75 Å². The lowest BCUT2D eigenvalue weighted by Gasteiger charge is -2.03. The van der Waals surface area contributed by atoms with Gasteiger partial charge in [0.05, 0.1) is 23.8 Å². The monoisotopic (exact) mass is 339 g/mol. The second kappa shape index (κ2) is 6.83. The number of ether oxygens (including phenoxy) is 1. The molecule has 1 heterocycles. The average molecular weight is 339 g/mol. The number of hydrogen-bond acceptors (Lipinski definition) is 6. The molecule has 2 aromatic carbocycles. The van der Waals surface area contributed by atoms with Crippen LogP contribution < -0.4 is 10.4 Å². The summed E-state index contributed by atoms with van der Waals surface area (Å²) in [5, 5.41) is 13.4. The van der Waals surface area contributed by atoms with Crippen molar-refractivity contribution in [2.45, 2.75) is 0 Å². The molecular weight excluding hydrogens is 326 g/mol. The summed E-state index contributed by atoms with van der Waals surface area (Å²) in [7, 11) is 1.39. The first-order valence-electron chi connectivity index (χ1n) is 7.23. The van der Waals surface area contributed by atoms with E-state index in [2.05, 4.69) is 10.1 Å². The lowest BCUT2D eigenvalue weighted by atomic mass is 10.1. The predicted octanol–water partition coefficient (Wildman–Crippen LogP) is 3.30. The normalized spacial score (nSPS) is 10.9. The molecule has 0 amide bonds. The molecule has 0 fully saturated rings. The van der Waals surface area contributed by atoms with Crippen LogP contribution in [0.15, 0.2) is 62.8 Å². The Morgan fingerprint density at radius 1 is 1.24 bits per heavy atom. The number of nitrogens with one attached hydrogen (secondary N) is 1. The van der Waals surface area contributed by atoms with Crippen LogP contribution in [0.2, 0.25) is 0 Å². The Hall–Kier alpha value is -3.68. The van der Waals surface area contributed by atoms with Crippen LogP contribution in [0.4, 0.5) is 11.4 Å². The molecule has 0 aliphatic carbocycles. The Morgan fingerprint density at radius 3 is 2.68 bits per heavy atom. The highest BCUT2D eigenvalue weighted by Gasteiger charge is 2.14. The third kappa shape index (κ3) is 3.32. The Morgan fingerprint density at radius 2 is 2.00 bits per heavy atom. The molecular formula is C17H13N3O5. The van der Waals surface area contributed by atoms with Crippen molar-refractivity contribution in [1.29, 1.82) is 0 Å². The number of H-pyrrole nitrogens is 1. The van der Waals surface area contributed by atoms with E-state index in [1.165, 1.54) is 31.5 Å². The number of nitro groups is 1. The molecule has 8 nitrogen and oxygen atoms in total. The van der Waals surface area contributed by atoms with Crippen LogP contribution in [-0.4, -0.2) is 23.4 Å². The average Bonchev–Trinajstić information content (AvgIpc) is 3.01. The van der Waals surface area contributed by atoms with Gasteiger partial charge < -0.3 is 9.26 Å². The molecule has 1 aromatic heterocycles. The van der Waals surface area contributed by atoms with Crippen molar-refractivity contribution in [1.82, 2.24) is 5.16 Å². The first kappa shape index (κ1) is 16.2.